The molecule has 21 heavy (non-hydrogen) atoms. The SMILES string of the molecule is c1ccc(Cc2cn(CCCCc3cnc[nH]3)nn2)cc1. The van der Waals surface area contributed by atoms with Crippen molar-refractivity contribution < 1.29 is 0 Å². The van der Waals surface area contributed by atoms with Crippen molar-refractivity contribution in [3.8, 4) is 0 Å². The molecule has 0 bridgehead atoms. The minimum Gasteiger partial charge on any atom is -0.348 e. The molecule has 5 nitrogen and oxygen atoms in total. The van der Waals surface area contributed by atoms with E-state index in [0.29, 0.717) is 0 Å². The Kier molecular flexibility index (Phi) is 4.41. The molecule has 0 saturated heterocycles. The van der Waals surface area contributed by atoms with Crippen molar-refractivity contribution in [2.75, 3.05) is 0 Å². The maximum atomic E-state index is 4.24. The highest BCUT2D eigenvalue weighted by Gasteiger charge is 2.02. The standard InChI is InChI=1S/C16H19N5/c1-2-6-14(7-3-1)10-16-12-21(20-19-16)9-5-4-8-15-11-17-13-18-15/h1-3,6-7,11-13H,4-5,8-10H2,(H,17,18). The molecular formula is C16H19N5. The van der Waals surface area contributed by atoms with Gasteiger partial charge in [-0.1, -0.05) is 35.5 Å². The molecule has 0 amide bonds. The first-order valence-electron chi connectivity index (χ1n) is 7.30. The monoisotopic (exact) mass is 281 g/mol. The van der Waals surface area contributed by atoms with E-state index < -0.39 is 0 Å². The second-order valence-corrected chi connectivity index (χ2v) is 5.17. The Balaban J connectivity index is 1.44. The van der Waals surface area contributed by atoms with Gasteiger partial charge in [0.2, 0.25) is 0 Å². The molecule has 0 fully saturated rings. The predicted molar refractivity (Wildman–Crippen MR) is 80.8 cm³/mol. The van der Waals surface area contributed by atoms with Crippen LogP contribution >= 0.6 is 0 Å². The summed E-state index contributed by atoms with van der Waals surface area (Å²) in [6.07, 6.45) is 9.74. The number of nitrogens with one attached hydrogen (secondary N) is 1. The second kappa shape index (κ2) is 6.83. The summed E-state index contributed by atoms with van der Waals surface area (Å²) in [5.41, 5.74) is 3.48. The third kappa shape index (κ3) is 4.02. The number of aromatic amines is 1. The number of hydrogen-bond donors (Lipinski definition) is 1. The van der Waals surface area contributed by atoms with Crippen molar-refractivity contribution in [3.05, 3.63) is 66.0 Å². The van der Waals surface area contributed by atoms with Crippen molar-refractivity contribution in [3.63, 3.8) is 0 Å². The summed E-state index contributed by atoms with van der Waals surface area (Å²) in [6.45, 7) is 0.913. The molecule has 3 rings (SSSR count). The normalized spacial score (nSPS) is 10.9. The van der Waals surface area contributed by atoms with E-state index in [1.807, 2.05) is 23.1 Å². The summed E-state index contributed by atoms with van der Waals surface area (Å²) < 4.78 is 1.94. The van der Waals surface area contributed by atoms with E-state index in [0.717, 1.165) is 37.9 Å². The van der Waals surface area contributed by atoms with Crippen LogP contribution in [0.4, 0.5) is 0 Å². The van der Waals surface area contributed by atoms with E-state index in [4.69, 9.17) is 0 Å². The molecule has 0 aliphatic rings. The van der Waals surface area contributed by atoms with Crippen molar-refractivity contribution >= 4 is 0 Å². The number of benzene rings is 1. The fraction of sp³-hybridized carbons (Fsp3) is 0.312. The van der Waals surface area contributed by atoms with Gasteiger partial charge in [0.15, 0.2) is 0 Å². The minimum absolute atomic E-state index is 0.842. The number of unbranched alkanes of at least 4 members (excludes halogenated alkanes) is 1. The van der Waals surface area contributed by atoms with E-state index in [1.165, 1.54) is 11.3 Å². The van der Waals surface area contributed by atoms with Gasteiger partial charge in [-0.25, -0.2) is 4.98 Å². The molecule has 1 aromatic carbocycles. The number of hydrogen-bond acceptors (Lipinski definition) is 3. The van der Waals surface area contributed by atoms with Gasteiger partial charge in [0.1, 0.15) is 0 Å². The lowest BCUT2D eigenvalue weighted by Gasteiger charge is -1.99. The van der Waals surface area contributed by atoms with E-state index in [9.17, 15) is 0 Å². The molecular weight excluding hydrogens is 262 g/mol. The maximum Gasteiger partial charge on any atom is 0.0921 e. The third-order valence-electron chi connectivity index (χ3n) is 3.45. The van der Waals surface area contributed by atoms with Gasteiger partial charge in [-0.05, 0) is 24.8 Å². The Bertz CT molecular complexity index is 642. The van der Waals surface area contributed by atoms with Crippen molar-refractivity contribution in [2.24, 2.45) is 0 Å². The molecule has 0 aliphatic carbocycles. The Morgan fingerprint density at radius 1 is 1.10 bits per heavy atom. The average Bonchev–Trinajstić information content (AvgIpc) is 3.17. The topological polar surface area (TPSA) is 59.4 Å². The average molecular weight is 281 g/mol. The Morgan fingerprint density at radius 3 is 2.81 bits per heavy atom. The van der Waals surface area contributed by atoms with Crippen LogP contribution in [0.3, 0.4) is 0 Å². The summed E-state index contributed by atoms with van der Waals surface area (Å²) in [5.74, 6) is 0. The van der Waals surface area contributed by atoms with Crippen molar-refractivity contribution in [1.29, 1.82) is 0 Å². The van der Waals surface area contributed by atoms with Crippen LogP contribution in [-0.2, 0) is 19.4 Å². The van der Waals surface area contributed by atoms with Gasteiger partial charge in [-0.15, -0.1) is 5.10 Å². The van der Waals surface area contributed by atoms with E-state index in [1.54, 1.807) is 6.33 Å². The Morgan fingerprint density at radius 2 is 2.00 bits per heavy atom. The Labute approximate surface area is 124 Å². The lowest BCUT2D eigenvalue weighted by molar-refractivity contribution is 0.539. The highest BCUT2D eigenvalue weighted by atomic mass is 15.4. The van der Waals surface area contributed by atoms with Crippen LogP contribution in [0.25, 0.3) is 0 Å². The van der Waals surface area contributed by atoms with Crippen LogP contribution in [0.5, 0.6) is 0 Å². The molecule has 2 aromatic heterocycles. The number of rotatable bonds is 7. The van der Waals surface area contributed by atoms with Gasteiger partial charge in [-0.2, -0.15) is 0 Å². The van der Waals surface area contributed by atoms with Gasteiger partial charge in [-0.3, -0.25) is 4.68 Å². The first-order valence-corrected chi connectivity index (χ1v) is 7.30. The molecule has 0 spiro atoms. The maximum absolute atomic E-state index is 4.24. The minimum atomic E-state index is 0.842. The van der Waals surface area contributed by atoms with Gasteiger partial charge < -0.3 is 4.98 Å². The third-order valence-corrected chi connectivity index (χ3v) is 3.45. The van der Waals surface area contributed by atoms with E-state index in [2.05, 4.69) is 44.5 Å². The Hall–Kier alpha value is -2.43. The molecule has 108 valence electrons. The van der Waals surface area contributed by atoms with Crippen LogP contribution in [0.2, 0.25) is 0 Å². The molecule has 0 saturated carbocycles. The van der Waals surface area contributed by atoms with Crippen LogP contribution in [0, 0.1) is 0 Å². The zero-order chi connectivity index (χ0) is 14.3. The summed E-state index contributed by atoms with van der Waals surface area (Å²) in [7, 11) is 0. The second-order valence-electron chi connectivity index (χ2n) is 5.17. The summed E-state index contributed by atoms with van der Waals surface area (Å²) in [4.78, 5) is 7.14. The number of H-pyrrole nitrogens is 1. The molecule has 3 aromatic rings. The molecule has 2 heterocycles. The zero-order valence-electron chi connectivity index (χ0n) is 11.9. The number of aryl methyl sites for hydroxylation is 2. The fourth-order valence-corrected chi connectivity index (χ4v) is 2.34. The number of nitrogens with zero attached hydrogens (tertiary/aromatic N) is 4. The molecule has 0 radical (unpaired) electrons. The molecule has 1 N–H and O–H groups in total. The zero-order valence-corrected chi connectivity index (χ0v) is 11.9. The van der Waals surface area contributed by atoms with Gasteiger partial charge in [0.05, 0.1) is 12.0 Å². The highest BCUT2D eigenvalue weighted by Crippen LogP contribution is 2.07. The van der Waals surface area contributed by atoms with Gasteiger partial charge in [0.25, 0.3) is 0 Å². The molecule has 5 heteroatoms. The first kappa shape index (κ1) is 13.5. The summed E-state index contributed by atoms with van der Waals surface area (Å²) in [5, 5.41) is 8.43. The quantitative estimate of drug-likeness (QED) is 0.677. The summed E-state index contributed by atoms with van der Waals surface area (Å²) >= 11 is 0. The summed E-state index contributed by atoms with van der Waals surface area (Å²) in [6, 6.07) is 10.4. The van der Waals surface area contributed by atoms with Crippen LogP contribution in [-0.4, -0.2) is 25.0 Å². The predicted octanol–water partition coefficient (Wildman–Crippen LogP) is 2.61. The smallest absolute Gasteiger partial charge is 0.0921 e. The first-order chi connectivity index (χ1) is 10.4. The molecule has 0 unspecified atom stereocenters. The lowest BCUT2D eigenvalue weighted by Crippen LogP contribution is -1.99. The van der Waals surface area contributed by atoms with Gasteiger partial charge in [0, 0.05) is 31.1 Å². The molecule has 0 aliphatic heterocycles. The fourth-order valence-electron chi connectivity index (χ4n) is 2.34. The van der Waals surface area contributed by atoms with Crippen LogP contribution < -0.4 is 0 Å². The van der Waals surface area contributed by atoms with E-state index in [-0.39, 0.29) is 0 Å². The molecule has 0 atom stereocenters. The van der Waals surface area contributed by atoms with Gasteiger partial charge >= 0.3 is 0 Å². The largest absolute Gasteiger partial charge is 0.348 e. The van der Waals surface area contributed by atoms with Crippen LogP contribution in [0.15, 0.2) is 49.1 Å². The van der Waals surface area contributed by atoms with Crippen LogP contribution in [0.1, 0.15) is 29.8 Å². The number of aromatic nitrogens is 5. The lowest BCUT2D eigenvalue weighted by atomic mass is 10.1. The van der Waals surface area contributed by atoms with Crippen molar-refractivity contribution in [1.82, 2.24) is 25.0 Å². The van der Waals surface area contributed by atoms with Crippen molar-refractivity contribution in [2.45, 2.75) is 32.2 Å². The highest BCUT2D eigenvalue weighted by molar-refractivity contribution is 5.19. The number of imidazole rings is 1. The van der Waals surface area contributed by atoms with E-state index >= 15 is 0 Å².